The lowest BCUT2D eigenvalue weighted by Gasteiger charge is -2.61. The van der Waals surface area contributed by atoms with Gasteiger partial charge in [0.15, 0.2) is 0 Å². The van der Waals surface area contributed by atoms with Crippen molar-refractivity contribution in [3.63, 3.8) is 0 Å². The molecule has 0 heterocycles. The van der Waals surface area contributed by atoms with E-state index in [0.29, 0.717) is 11.3 Å². The fourth-order valence-electron chi connectivity index (χ4n) is 9.59. The van der Waals surface area contributed by atoms with Crippen LogP contribution >= 0.6 is 0 Å². The van der Waals surface area contributed by atoms with Gasteiger partial charge >= 0.3 is 0 Å². The van der Waals surface area contributed by atoms with Gasteiger partial charge in [0.25, 0.3) is 0 Å². The number of hydrogen-bond donors (Lipinski definition) is 1. The molecule has 0 radical (unpaired) electrons. The molecule has 0 bridgehead atoms. The molecule has 0 aromatic heterocycles. The first-order valence-corrected chi connectivity index (χ1v) is 13.5. The van der Waals surface area contributed by atoms with Crippen LogP contribution in [0, 0.1) is 52.3 Å². The van der Waals surface area contributed by atoms with Gasteiger partial charge in [-0.3, -0.25) is 0 Å². The van der Waals surface area contributed by atoms with Crippen LogP contribution in [0.2, 0.25) is 0 Å². The summed E-state index contributed by atoms with van der Waals surface area (Å²) in [4.78, 5) is 0. The van der Waals surface area contributed by atoms with E-state index in [-0.39, 0.29) is 11.5 Å². The maximum atomic E-state index is 9.63. The van der Waals surface area contributed by atoms with Gasteiger partial charge < -0.3 is 9.94 Å². The Bertz CT molecular complexity index is 659. The molecule has 3 heteroatoms. The smallest absolute Gasteiger partial charge is 0.0658 e. The Balaban J connectivity index is 1.51. The summed E-state index contributed by atoms with van der Waals surface area (Å²) in [5, 5.41) is 13.3. The maximum absolute atomic E-state index is 9.63. The number of nitrogens with zero attached hydrogens (tertiary/aromatic N) is 1. The van der Waals surface area contributed by atoms with Crippen LogP contribution in [0.1, 0.15) is 105 Å². The van der Waals surface area contributed by atoms with Crippen LogP contribution in [0.15, 0.2) is 5.16 Å². The third kappa shape index (κ3) is 4.00. The molecule has 4 rings (SSSR count). The standard InChI is InChI=1S/C28H49NO2/c1-18(2)8-7-9-19(3)22-12-13-23-21-10-11-25-26(31-6)16-20(29-30)17-28(25,5)24(21)14-15-27(22,23)4/h18-19,21-26,30H,7-17H2,1-6H3/b29-20+/t19-,21+,22-,23+,24+,25+,26-,27-,28-/m1/s1. The van der Waals surface area contributed by atoms with Crippen LogP contribution in [0.3, 0.4) is 0 Å². The van der Waals surface area contributed by atoms with E-state index in [0.717, 1.165) is 54.1 Å². The van der Waals surface area contributed by atoms with Crippen molar-refractivity contribution in [3.05, 3.63) is 0 Å². The Morgan fingerprint density at radius 1 is 0.968 bits per heavy atom. The highest BCUT2D eigenvalue weighted by atomic mass is 16.5. The molecule has 3 nitrogen and oxygen atoms in total. The van der Waals surface area contributed by atoms with Crippen LogP contribution < -0.4 is 0 Å². The summed E-state index contributed by atoms with van der Waals surface area (Å²) in [5.74, 6) is 5.79. The molecule has 0 aromatic carbocycles. The number of fused-ring (bicyclic) bond motifs is 5. The number of ether oxygens (including phenoxy) is 1. The topological polar surface area (TPSA) is 41.8 Å². The van der Waals surface area contributed by atoms with Crippen molar-refractivity contribution >= 4 is 5.71 Å². The highest BCUT2D eigenvalue weighted by Crippen LogP contribution is 2.68. The Labute approximate surface area is 191 Å². The van der Waals surface area contributed by atoms with Crippen LogP contribution in [-0.2, 0) is 4.74 Å². The van der Waals surface area contributed by atoms with E-state index in [1.165, 1.54) is 57.8 Å². The summed E-state index contributed by atoms with van der Waals surface area (Å²) in [7, 11) is 1.86. The Hall–Kier alpha value is -0.570. The molecule has 0 amide bonds. The summed E-state index contributed by atoms with van der Waals surface area (Å²) in [6.45, 7) is 12.5. The number of rotatable bonds is 6. The van der Waals surface area contributed by atoms with E-state index in [9.17, 15) is 5.21 Å². The molecule has 4 aliphatic rings. The predicted octanol–water partition coefficient (Wildman–Crippen LogP) is 7.56. The third-order valence-electron chi connectivity index (χ3n) is 11.1. The SMILES string of the molecule is CO[C@@H]1C/C(=N\O)C[C@]2(C)[C@H]3CC[C@]4(C)[C@@H]([C@H](C)CCCC(C)C)CC[C@H]4[C@@H]3CC[C@@H]12. The van der Waals surface area contributed by atoms with Gasteiger partial charge in [0.1, 0.15) is 0 Å². The third-order valence-corrected chi connectivity index (χ3v) is 11.1. The fraction of sp³-hybridized carbons (Fsp3) is 0.964. The zero-order valence-electron chi connectivity index (χ0n) is 21.2. The molecule has 4 saturated carbocycles. The van der Waals surface area contributed by atoms with Crippen molar-refractivity contribution in [1.29, 1.82) is 0 Å². The number of hydrogen-bond acceptors (Lipinski definition) is 3. The van der Waals surface area contributed by atoms with E-state index < -0.39 is 0 Å². The lowest BCUT2D eigenvalue weighted by atomic mass is 9.44. The fourth-order valence-corrected chi connectivity index (χ4v) is 9.59. The van der Waals surface area contributed by atoms with Gasteiger partial charge in [0.2, 0.25) is 0 Å². The van der Waals surface area contributed by atoms with Gasteiger partial charge in [-0.2, -0.15) is 0 Å². The zero-order chi connectivity index (χ0) is 22.4. The highest BCUT2D eigenvalue weighted by Gasteiger charge is 2.61. The second kappa shape index (κ2) is 8.99. The van der Waals surface area contributed by atoms with Crippen molar-refractivity contribution in [1.82, 2.24) is 0 Å². The van der Waals surface area contributed by atoms with Crippen LogP contribution in [-0.4, -0.2) is 24.1 Å². The van der Waals surface area contributed by atoms with Crippen molar-refractivity contribution in [3.8, 4) is 0 Å². The van der Waals surface area contributed by atoms with E-state index >= 15 is 0 Å². The quantitative estimate of drug-likeness (QED) is 0.348. The molecule has 0 aromatic rings. The van der Waals surface area contributed by atoms with E-state index in [1.54, 1.807) is 0 Å². The molecule has 0 spiro atoms. The summed E-state index contributed by atoms with van der Waals surface area (Å²) >= 11 is 0. The predicted molar refractivity (Wildman–Crippen MR) is 128 cm³/mol. The molecule has 9 atom stereocenters. The molecule has 1 N–H and O–H groups in total. The summed E-state index contributed by atoms with van der Waals surface area (Å²) < 4.78 is 5.95. The first-order chi connectivity index (χ1) is 14.7. The van der Waals surface area contributed by atoms with Crippen LogP contribution in [0.4, 0.5) is 0 Å². The Morgan fingerprint density at radius 2 is 1.68 bits per heavy atom. The lowest BCUT2D eigenvalue weighted by Crippen LogP contribution is -2.57. The minimum atomic E-state index is 0.233. The molecule has 0 saturated heterocycles. The maximum Gasteiger partial charge on any atom is 0.0658 e. The average Bonchev–Trinajstić information content (AvgIpc) is 3.09. The van der Waals surface area contributed by atoms with Crippen molar-refractivity contribution in [2.24, 2.45) is 57.4 Å². The Morgan fingerprint density at radius 3 is 2.35 bits per heavy atom. The lowest BCUT2D eigenvalue weighted by molar-refractivity contribution is -0.135. The Kier molecular flexibility index (Phi) is 6.84. The minimum absolute atomic E-state index is 0.233. The molecular weight excluding hydrogens is 382 g/mol. The van der Waals surface area contributed by atoms with E-state index in [1.807, 2.05) is 7.11 Å². The molecule has 0 unspecified atom stereocenters. The summed E-state index contributed by atoms with van der Waals surface area (Å²) in [5.41, 5.74) is 1.76. The molecule has 31 heavy (non-hydrogen) atoms. The van der Waals surface area contributed by atoms with Gasteiger partial charge in [-0.1, -0.05) is 59.0 Å². The van der Waals surface area contributed by atoms with Gasteiger partial charge in [-0.15, -0.1) is 0 Å². The average molecular weight is 432 g/mol. The molecule has 4 fully saturated rings. The van der Waals surface area contributed by atoms with E-state index in [2.05, 4.69) is 39.8 Å². The number of oxime groups is 1. The first-order valence-electron chi connectivity index (χ1n) is 13.5. The molecule has 178 valence electrons. The van der Waals surface area contributed by atoms with Gasteiger partial charge in [-0.05, 0) is 97.2 Å². The first kappa shape index (κ1) is 23.6. The van der Waals surface area contributed by atoms with Crippen LogP contribution in [0.25, 0.3) is 0 Å². The van der Waals surface area contributed by atoms with Crippen molar-refractivity contribution < 1.29 is 9.94 Å². The molecular formula is C28H49NO2. The second-order valence-corrected chi connectivity index (χ2v) is 12.9. The normalized spacial score (nSPS) is 47.1. The van der Waals surface area contributed by atoms with Crippen LogP contribution in [0.5, 0.6) is 0 Å². The van der Waals surface area contributed by atoms with Crippen molar-refractivity contribution in [2.75, 3.05) is 7.11 Å². The van der Waals surface area contributed by atoms with Gasteiger partial charge in [0, 0.05) is 13.5 Å². The summed E-state index contributed by atoms with van der Waals surface area (Å²) in [6.07, 6.45) is 14.6. The minimum Gasteiger partial charge on any atom is -0.411 e. The molecule has 4 aliphatic carbocycles. The number of methoxy groups -OCH3 is 1. The molecule has 0 aliphatic heterocycles. The van der Waals surface area contributed by atoms with E-state index in [4.69, 9.17) is 4.74 Å². The zero-order valence-corrected chi connectivity index (χ0v) is 21.2. The van der Waals surface area contributed by atoms with Gasteiger partial charge in [0.05, 0.1) is 11.8 Å². The van der Waals surface area contributed by atoms with Crippen molar-refractivity contribution in [2.45, 2.75) is 111 Å². The monoisotopic (exact) mass is 431 g/mol. The summed E-state index contributed by atoms with van der Waals surface area (Å²) in [6, 6.07) is 0. The highest BCUT2D eigenvalue weighted by molar-refractivity contribution is 5.86. The largest absolute Gasteiger partial charge is 0.411 e. The van der Waals surface area contributed by atoms with Gasteiger partial charge in [-0.25, -0.2) is 0 Å². The second-order valence-electron chi connectivity index (χ2n) is 12.9.